The van der Waals surface area contributed by atoms with Crippen LogP contribution in [0.2, 0.25) is 0 Å². The van der Waals surface area contributed by atoms with E-state index < -0.39 is 16.8 Å². The number of amides is 1. The fourth-order valence-electron chi connectivity index (χ4n) is 4.72. The average Bonchev–Trinajstić information content (AvgIpc) is 3.15. The van der Waals surface area contributed by atoms with E-state index in [1.807, 2.05) is 12.1 Å². The Morgan fingerprint density at radius 1 is 1.26 bits per heavy atom. The largest absolute Gasteiger partial charge is 0.496 e. The summed E-state index contributed by atoms with van der Waals surface area (Å²) in [4.78, 5) is 18.8. The maximum atomic E-state index is 15.1. The number of hydrogen-bond acceptors (Lipinski definition) is 5. The Balaban J connectivity index is 1.72. The van der Waals surface area contributed by atoms with Gasteiger partial charge in [-0.05, 0) is 69.0 Å². The Hall–Kier alpha value is -3.09. The second-order valence-electron chi connectivity index (χ2n) is 8.99. The van der Waals surface area contributed by atoms with Crippen molar-refractivity contribution in [2.24, 2.45) is 16.1 Å². The van der Waals surface area contributed by atoms with E-state index in [4.69, 9.17) is 10.5 Å². The van der Waals surface area contributed by atoms with Gasteiger partial charge in [-0.25, -0.2) is 9.38 Å². The second-order valence-corrected chi connectivity index (χ2v) is 8.99. The molecule has 2 aromatic rings. The van der Waals surface area contributed by atoms with Gasteiger partial charge in [-0.2, -0.15) is 0 Å². The Labute approximate surface area is 182 Å². The van der Waals surface area contributed by atoms with Crippen molar-refractivity contribution >= 4 is 17.6 Å². The summed E-state index contributed by atoms with van der Waals surface area (Å²) in [5.41, 5.74) is 7.40. The van der Waals surface area contributed by atoms with Crippen LogP contribution in [-0.4, -0.2) is 30.9 Å². The number of benzene rings is 2. The summed E-state index contributed by atoms with van der Waals surface area (Å²) >= 11 is 0. The van der Waals surface area contributed by atoms with E-state index in [1.54, 1.807) is 47.1 Å². The number of guanidine groups is 1. The highest BCUT2D eigenvalue weighted by Crippen LogP contribution is 2.48. The van der Waals surface area contributed by atoms with Crippen molar-refractivity contribution in [2.45, 2.75) is 45.2 Å². The van der Waals surface area contributed by atoms with E-state index >= 15 is 4.39 Å². The molecule has 2 atom stereocenters. The van der Waals surface area contributed by atoms with Crippen LogP contribution < -0.4 is 15.8 Å². The van der Waals surface area contributed by atoms with Crippen LogP contribution in [0.25, 0.3) is 0 Å². The number of halogens is 1. The highest BCUT2D eigenvalue weighted by Gasteiger charge is 2.53. The molecular weight excluding hydrogens is 395 g/mol. The van der Waals surface area contributed by atoms with E-state index in [0.717, 1.165) is 24.3 Å². The Morgan fingerprint density at radius 3 is 2.71 bits per heavy atom. The van der Waals surface area contributed by atoms with E-state index in [-0.39, 0.29) is 17.9 Å². The number of nitrogens with zero attached hydrogens (tertiary/aromatic N) is 2. The molecule has 4 rings (SSSR count). The van der Waals surface area contributed by atoms with Crippen molar-refractivity contribution < 1.29 is 13.9 Å². The number of nitrogens with two attached hydrogens (primary N) is 1. The lowest BCUT2D eigenvalue weighted by atomic mass is 9.67. The average molecular weight is 425 g/mol. The number of carbonyl (C=O) groups excluding carboxylic acids is 1. The standard InChI is InChI=1S/C24H29FN4O2/c1-23(2)21(30)29(4)22(26)28-24(23,3)17-13-14(9-11-18(17)25)27-19-12-10-16-15(19)7-6-8-20(16)31-5/h6-9,11,13,19,27H,10,12H2,1-5H3,(H2,26,28)/t19?,24-/m1/s1. The van der Waals surface area contributed by atoms with Crippen LogP contribution in [0.15, 0.2) is 41.4 Å². The first-order chi connectivity index (χ1) is 14.6. The summed E-state index contributed by atoms with van der Waals surface area (Å²) in [6, 6.07) is 11.0. The molecule has 0 saturated carbocycles. The van der Waals surface area contributed by atoms with Crippen molar-refractivity contribution in [3.8, 4) is 5.75 Å². The SMILES string of the molecule is COc1cccc2c1CCC2Nc1ccc(F)c([C@@]2(C)N=C(N)N(C)C(=O)C2(C)C)c1. The quantitative estimate of drug-likeness (QED) is 0.779. The molecule has 0 spiro atoms. The fourth-order valence-corrected chi connectivity index (χ4v) is 4.72. The number of ether oxygens (including phenoxy) is 1. The normalized spacial score (nSPS) is 24.6. The van der Waals surface area contributed by atoms with Crippen LogP contribution in [0, 0.1) is 11.2 Å². The third kappa shape index (κ3) is 3.14. The van der Waals surface area contributed by atoms with Crippen molar-refractivity contribution in [3.05, 3.63) is 58.9 Å². The predicted molar refractivity (Wildman–Crippen MR) is 120 cm³/mol. The lowest BCUT2D eigenvalue weighted by Gasteiger charge is -2.46. The van der Waals surface area contributed by atoms with Gasteiger partial charge in [-0.15, -0.1) is 0 Å². The van der Waals surface area contributed by atoms with Crippen molar-refractivity contribution in [2.75, 3.05) is 19.5 Å². The molecule has 1 aliphatic heterocycles. The predicted octanol–water partition coefficient (Wildman–Crippen LogP) is 3.96. The first-order valence-corrected chi connectivity index (χ1v) is 10.5. The summed E-state index contributed by atoms with van der Waals surface area (Å²) in [7, 11) is 3.27. The van der Waals surface area contributed by atoms with Crippen LogP contribution >= 0.6 is 0 Å². The molecule has 0 fully saturated rings. The molecule has 6 nitrogen and oxygen atoms in total. The molecule has 0 bridgehead atoms. The highest BCUT2D eigenvalue weighted by molar-refractivity contribution is 6.01. The van der Waals surface area contributed by atoms with Crippen molar-refractivity contribution in [1.82, 2.24) is 4.90 Å². The van der Waals surface area contributed by atoms with Gasteiger partial charge in [0.25, 0.3) is 0 Å². The number of hydrogen-bond donors (Lipinski definition) is 2. The minimum atomic E-state index is -1.14. The Kier molecular flexibility index (Phi) is 4.95. The third-order valence-electron chi connectivity index (χ3n) is 7.02. The topological polar surface area (TPSA) is 80.0 Å². The monoisotopic (exact) mass is 424 g/mol. The molecule has 0 radical (unpaired) electrons. The van der Waals surface area contributed by atoms with Gasteiger partial charge < -0.3 is 15.8 Å². The summed E-state index contributed by atoms with van der Waals surface area (Å²) < 4.78 is 20.6. The molecule has 31 heavy (non-hydrogen) atoms. The Bertz CT molecular complexity index is 1080. The molecule has 7 heteroatoms. The van der Waals surface area contributed by atoms with Crippen LogP contribution in [0.3, 0.4) is 0 Å². The molecule has 0 saturated heterocycles. The zero-order valence-electron chi connectivity index (χ0n) is 18.6. The summed E-state index contributed by atoms with van der Waals surface area (Å²) in [5, 5.41) is 3.53. The van der Waals surface area contributed by atoms with Gasteiger partial charge in [-0.1, -0.05) is 12.1 Å². The molecule has 3 N–H and O–H groups in total. The van der Waals surface area contributed by atoms with Crippen molar-refractivity contribution in [3.63, 3.8) is 0 Å². The minimum absolute atomic E-state index is 0.0846. The number of fused-ring (bicyclic) bond motifs is 1. The van der Waals surface area contributed by atoms with Crippen LogP contribution in [0.5, 0.6) is 5.75 Å². The van der Waals surface area contributed by atoms with E-state index in [1.165, 1.54) is 22.1 Å². The van der Waals surface area contributed by atoms with E-state index in [9.17, 15) is 4.79 Å². The zero-order valence-corrected chi connectivity index (χ0v) is 18.6. The van der Waals surface area contributed by atoms with Gasteiger partial charge in [-0.3, -0.25) is 9.69 Å². The van der Waals surface area contributed by atoms with Crippen molar-refractivity contribution in [1.29, 1.82) is 0 Å². The molecule has 1 amide bonds. The van der Waals surface area contributed by atoms with Gasteiger partial charge in [0.15, 0.2) is 5.96 Å². The third-order valence-corrected chi connectivity index (χ3v) is 7.02. The summed E-state index contributed by atoms with van der Waals surface area (Å²) in [5.74, 6) is 0.368. The van der Waals surface area contributed by atoms with Gasteiger partial charge >= 0.3 is 0 Å². The van der Waals surface area contributed by atoms with Gasteiger partial charge in [0, 0.05) is 18.3 Å². The number of methoxy groups -OCH3 is 1. The lowest BCUT2D eigenvalue weighted by Crippen LogP contribution is -2.58. The smallest absolute Gasteiger partial charge is 0.237 e. The summed E-state index contributed by atoms with van der Waals surface area (Å²) in [6.45, 7) is 5.32. The van der Waals surface area contributed by atoms with Gasteiger partial charge in [0.2, 0.25) is 5.91 Å². The maximum absolute atomic E-state index is 15.1. The first-order valence-electron chi connectivity index (χ1n) is 10.5. The number of anilines is 1. The zero-order chi connectivity index (χ0) is 22.6. The number of rotatable bonds is 4. The summed E-state index contributed by atoms with van der Waals surface area (Å²) in [6.07, 6.45) is 1.83. The van der Waals surface area contributed by atoms with E-state index in [2.05, 4.69) is 16.4 Å². The molecule has 0 aromatic heterocycles. The van der Waals surface area contributed by atoms with Crippen LogP contribution in [0.1, 0.15) is 49.9 Å². The van der Waals surface area contributed by atoms with Gasteiger partial charge in [0.05, 0.1) is 18.6 Å². The number of carbonyl (C=O) groups is 1. The highest BCUT2D eigenvalue weighted by atomic mass is 19.1. The van der Waals surface area contributed by atoms with Crippen LogP contribution in [0.4, 0.5) is 10.1 Å². The fraction of sp³-hybridized carbons (Fsp3) is 0.417. The number of aliphatic imine (C=N–C) groups is 1. The molecule has 2 aliphatic rings. The first kappa shape index (κ1) is 21.2. The molecule has 164 valence electrons. The maximum Gasteiger partial charge on any atom is 0.237 e. The number of nitrogens with one attached hydrogen (secondary N) is 1. The minimum Gasteiger partial charge on any atom is -0.496 e. The van der Waals surface area contributed by atoms with E-state index in [0.29, 0.717) is 5.56 Å². The van der Waals surface area contributed by atoms with Gasteiger partial charge in [0.1, 0.15) is 17.1 Å². The second kappa shape index (κ2) is 7.25. The molecule has 1 unspecified atom stereocenters. The molecule has 1 heterocycles. The molecule has 2 aromatic carbocycles. The molecule has 1 aliphatic carbocycles. The van der Waals surface area contributed by atoms with Crippen LogP contribution in [-0.2, 0) is 16.8 Å². The Morgan fingerprint density at radius 2 is 2.00 bits per heavy atom. The molecular formula is C24H29FN4O2. The lowest BCUT2D eigenvalue weighted by molar-refractivity contribution is -0.140.